The molecule has 0 fully saturated rings. The van der Waals surface area contributed by atoms with Gasteiger partial charge in [-0.2, -0.15) is 18.3 Å². The minimum Gasteiger partial charge on any atom is -0.260 e. The molecule has 4 nitrogen and oxygen atoms in total. The van der Waals surface area contributed by atoms with Gasteiger partial charge < -0.3 is 0 Å². The molecule has 0 unspecified atom stereocenters. The number of nitrogens with zero attached hydrogens (tertiary/aromatic N) is 3. The van der Waals surface area contributed by atoms with Crippen LogP contribution in [-0.4, -0.2) is 15.7 Å². The van der Waals surface area contributed by atoms with Crippen molar-refractivity contribution >= 4 is 11.5 Å². The van der Waals surface area contributed by atoms with E-state index in [9.17, 15) is 13.2 Å². The van der Waals surface area contributed by atoms with Crippen LogP contribution < -0.4 is 5.43 Å². The van der Waals surface area contributed by atoms with Crippen molar-refractivity contribution in [3.63, 3.8) is 0 Å². The summed E-state index contributed by atoms with van der Waals surface area (Å²) in [6, 6.07) is 5.34. The summed E-state index contributed by atoms with van der Waals surface area (Å²) < 4.78 is 37.9. The summed E-state index contributed by atoms with van der Waals surface area (Å²) in [6.45, 7) is 1.80. The number of benzene rings is 1. The summed E-state index contributed by atoms with van der Waals surface area (Å²) >= 11 is 0. The number of anilines is 1. The van der Waals surface area contributed by atoms with Crippen LogP contribution in [0.15, 0.2) is 48.0 Å². The van der Waals surface area contributed by atoms with Gasteiger partial charge in [-0.25, -0.2) is 4.98 Å². The van der Waals surface area contributed by atoms with Crippen molar-refractivity contribution in [2.75, 3.05) is 5.43 Å². The summed E-state index contributed by atoms with van der Waals surface area (Å²) in [5, 5.41) is 4.12. The lowest BCUT2D eigenvalue weighted by molar-refractivity contribution is -0.137. The van der Waals surface area contributed by atoms with Crippen LogP contribution in [0.4, 0.5) is 19.0 Å². The molecular formula is C15H15F3N4. The van der Waals surface area contributed by atoms with E-state index in [4.69, 9.17) is 0 Å². The number of rotatable bonds is 5. The predicted molar refractivity (Wildman–Crippen MR) is 78.5 cm³/mol. The van der Waals surface area contributed by atoms with E-state index in [0.717, 1.165) is 11.8 Å². The number of alkyl halides is 3. The van der Waals surface area contributed by atoms with Crippen LogP contribution in [0.3, 0.4) is 0 Å². The monoisotopic (exact) mass is 308 g/mol. The molecule has 2 aromatic rings. The number of nitrogens with one attached hydrogen (secondary N) is 1. The first kappa shape index (κ1) is 15.9. The Bertz CT molecular complexity index is 639. The highest BCUT2D eigenvalue weighted by Crippen LogP contribution is 2.29. The lowest BCUT2D eigenvalue weighted by atomic mass is 10.0. The summed E-state index contributed by atoms with van der Waals surface area (Å²) in [4.78, 5) is 7.89. The normalized spacial score (nSPS) is 12.3. The van der Waals surface area contributed by atoms with E-state index in [1.54, 1.807) is 19.2 Å². The Morgan fingerprint density at radius 1 is 1.27 bits per heavy atom. The van der Waals surface area contributed by atoms with Gasteiger partial charge in [0.05, 0.1) is 11.8 Å². The Hall–Kier alpha value is -2.44. The zero-order valence-corrected chi connectivity index (χ0v) is 11.9. The van der Waals surface area contributed by atoms with Crippen LogP contribution in [0, 0.1) is 0 Å². The molecule has 0 saturated heterocycles. The van der Waals surface area contributed by atoms with Gasteiger partial charge in [-0.15, -0.1) is 0 Å². The van der Waals surface area contributed by atoms with Crippen molar-refractivity contribution in [2.24, 2.45) is 5.10 Å². The minimum atomic E-state index is -4.31. The van der Waals surface area contributed by atoms with Crippen molar-refractivity contribution in [2.45, 2.75) is 25.9 Å². The van der Waals surface area contributed by atoms with Crippen molar-refractivity contribution in [1.82, 2.24) is 9.97 Å². The number of aromatic nitrogens is 2. The van der Waals surface area contributed by atoms with Gasteiger partial charge >= 0.3 is 6.18 Å². The van der Waals surface area contributed by atoms with Crippen LogP contribution in [-0.2, 0) is 12.6 Å². The average molecular weight is 308 g/mol. The van der Waals surface area contributed by atoms with E-state index in [1.807, 2.05) is 0 Å². The zero-order chi connectivity index (χ0) is 16.0. The molecule has 0 aliphatic heterocycles. The summed E-state index contributed by atoms with van der Waals surface area (Å²) in [5.41, 5.74) is 3.52. The molecule has 22 heavy (non-hydrogen) atoms. The van der Waals surface area contributed by atoms with Gasteiger partial charge in [-0.3, -0.25) is 10.4 Å². The third-order valence-corrected chi connectivity index (χ3v) is 2.95. The lowest BCUT2D eigenvalue weighted by Gasteiger charge is -2.08. The van der Waals surface area contributed by atoms with Gasteiger partial charge in [-0.1, -0.05) is 18.2 Å². The first-order valence-corrected chi connectivity index (χ1v) is 6.66. The molecule has 0 radical (unpaired) electrons. The molecule has 1 N–H and O–H groups in total. The van der Waals surface area contributed by atoms with Gasteiger partial charge in [0, 0.05) is 18.1 Å². The highest BCUT2D eigenvalue weighted by atomic mass is 19.4. The Balaban J connectivity index is 1.92. The molecule has 1 aromatic heterocycles. The molecule has 0 aliphatic carbocycles. The van der Waals surface area contributed by atoms with Gasteiger partial charge in [0.15, 0.2) is 5.82 Å². The molecule has 0 saturated carbocycles. The van der Waals surface area contributed by atoms with E-state index < -0.39 is 11.7 Å². The molecule has 0 bridgehead atoms. The number of halogens is 3. The topological polar surface area (TPSA) is 50.2 Å². The van der Waals surface area contributed by atoms with Crippen molar-refractivity contribution in [1.29, 1.82) is 0 Å². The number of hydrogen-bond acceptors (Lipinski definition) is 4. The number of aryl methyl sites for hydroxylation is 1. The van der Waals surface area contributed by atoms with Gasteiger partial charge in [0.2, 0.25) is 0 Å². The lowest BCUT2D eigenvalue weighted by Crippen LogP contribution is -2.06. The standard InChI is InChI=1S/C15H15F3N4/c1-11(21-22-14-10-19-7-8-20-14)5-6-12-3-2-4-13(9-12)15(16,17)18/h2-4,7-10H,5-6H2,1H3,(H,20,22)/b21-11+. The Labute approximate surface area is 126 Å². The largest absolute Gasteiger partial charge is 0.416 e. The molecular weight excluding hydrogens is 293 g/mol. The first-order chi connectivity index (χ1) is 10.4. The van der Waals surface area contributed by atoms with E-state index in [1.165, 1.54) is 24.5 Å². The molecule has 1 heterocycles. The third-order valence-electron chi connectivity index (χ3n) is 2.95. The third kappa shape index (κ3) is 4.83. The summed E-state index contributed by atoms with van der Waals surface area (Å²) in [7, 11) is 0. The fraction of sp³-hybridized carbons (Fsp3) is 0.267. The van der Waals surface area contributed by atoms with Crippen LogP contribution in [0.5, 0.6) is 0 Å². The van der Waals surface area contributed by atoms with Crippen LogP contribution in [0.2, 0.25) is 0 Å². The Morgan fingerprint density at radius 3 is 2.77 bits per heavy atom. The van der Waals surface area contributed by atoms with Crippen molar-refractivity contribution in [3.8, 4) is 0 Å². The highest BCUT2D eigenvalue weighted by Gasteiger charge is 2.30. The summed E-state index contributed by atoms with van der Waals surface area (Å²) in [5.74, 6) is 0.515. The molecule has 0 aliphatic rings. The fourth-order valence-corrected chi connectivity index (χ4v) is 1.79. The maximum atomic E-state index is 12.6. The molecule has 116 valence electrons. The van der Waals surface area contributed by atoms with Crippen LogP contribution in [0.1, 0.15) is 24.5 Å². The molecule has 0 atom stereocenters. The fourth-order valence-electron chi connectivity index (χ4n) is 1.79. The maximum absolute atomic E-state index is 12.6. The number of hydrogen-bond donors (Lipinski definition) is 1. The van der Waals surface area contributed by atoms with Crippen LogP contribution in [0.25, 0.3) is 0 Å². The Morgan fingerprint density at radius 2 is 2.09 bits per heavy atom. The van der Waals surface area contributed by atoms with Gasteiger partial charge in [0.1, 0.15) is 0 Å². The Kier molecular flexibility index (Phi) is 5.08. The maximum Gasteiger partial charge on any atom is 0.416 e. The van der Waals surface area contributed by atoms with Crippen LogP contribution >= 0.6 is 0 Å². The van der Waals surface area contributed by atoms with E-state index in [-0.39, 0.29) is 0 Å². The zero-order valence-electron chi connectivity index (χ0n) is 11.9. The minimum absolute atomic E-state index is 0.488. The SMILES string of the molecule is C/C(CCc1cccc(C(F)(F)F)c1)=N\Nc1cnccn1. The van der Waals surface area contributed by atoms with Crippen molar-refractivity contribution in [3.05, 3.63) is 54.0 Å². The van der Waals surface area contributed by atoms with E-state index >= 15 is 0 Å². The number of hydrazone groups is 1. The quantitative estimate of drug-likeness (QED) is 0.673. The molecule has 2 rings (SSSR count). The van der Waals surface area contributed by atoms with E-state index in [0.29, 0.717) is 24.2 Å². The first-order valence-electron chi connectivity index (χ1n) is 6.66. The predicted octanol–water partition coefficient (Wildman–Crippen LogP) is 3.92. The molecule has 0 amide bonds. The molecule has 1 aromatic carbocycles. The molecule has 0 spiro atoms. The van der Waals surface area contributed by atoms with E-state index in [2.05, 4.69) is 20.5 Å². The second-order valence-electron chi connectivity index (χ2n) is 4.75. The smallest absolute Gasteiger partial charge is 0.260 e. The second kappa shape index (κ2) is 7.02. The average Bonchev–Trinajstić information content (AvgIpc) is 2.51. The van der Waals surface area contributed by atoms with Crippen molar-refractivity contribution < 1.29 is 13.2 Å². The van der Waals surface area contributed by atoms with Gasteiger partial charge in [0.25, 0.3) is 0 Å². The highest BCUT2D eigenvalue weighted by molar-refractivity contribution is 5.82. The van der Waals surface area contributed by atoms with Gasteiger partial charge in [-0.05, 0) is 31.4 Å². The molecule has 7 heteroatoms. The summed E-state index contributed by atoms with van der Waals surface area (Å²) in [6.07, 6.45) is 1.34. The second-order valence-corrected chi connectivity index (χ2v) is 4.75.